The molecule has 7 nitrogen and oxygen atoms in total. The molecule has 0 bridgehead atoms. The maximum absolute atomic E-state index is 12.1. The van der Waals surface area contributed by atoms with Crippen molar-refractivity contribution >= 4 is 17.8 Å². The first-order valence-electron chi connectivity index (χ1n) is 6.63. The third-order valence-electron chi connectivity index (χ3n) is 3.74. The van der Waals surface area contributed by atoms with Gasteiger partial charge in [0, 0.05) is 25.5 Å². The standard InChI is InChI=1S/C13H16N4O3/c18-11-7-14-13(20)17(11)10-3-6-16(8-10)12(19)9-15-4-1-2-5-15/h1-2,4-5,10H,3,6-9H2,(H,14,20). The molecule has 3 heterocycles. The molecule has 2 saturated heterocycles. The third-order valence-corrected chi connectivity index (χ3v) is 3.74. The van der Waals surface area contributed by atoms with E-state index in [4.69, 9.17) is 0 Å². The Morgan fingerprint density at radius 1 is 1.30 bits per heavy atom. The molecule has 106 valence electrons. The third kappa shape index (κ3) is 2.26. The molecule has 1 N–H and O–H groups in total. The van der Waals surface area contributed by atoms with Gasteiger partial charge in [-0.05, 0) is 18.6 Å². The fraction of sp³-hybridized carbons (Fsp3) is 0.462. The molecular weight excluding hydrogens is 260 g/mol. The number of rotatable bonds is 3. The van der Waals surface area contributed by atoms with Crippen molar-refractivity contribution in [1.29, 1.82) is 0 Å². The lowest BCUT2D eigenvalue weighted by atomic mass is 10.2. The minimum Gasteiger partial charge on any atom is -0.345 e. The zero-order valence-electron chi connectivity index (χ0n) is 11.0. The number of carbonyl (C=O) groups excluding carboxylic acids is 3. The van der Waals surface area contributed by atoms with Gasteiger partial charge in [-0.3, -0.25) is 14.5 Å². The molecule has 4 amide bonds. The van der Waals surface area contributed by atoms with E-state index in [2.05, 4.69) is 5.32 Å². The molecule has 1 aromatic heterocycles. The topological polar surface area (TPSA) is 74.7 Å². The number of urea groups is 1. The van der Waals surface area contributed by atoms with Crippen molar-refractivity contribution in [1.82, 2.24) is 19.7 Å². The van der Waals surface area contributed by atoms with E-state index in [9.17, 15) is 14.4 Å². The second-order valence-corrected chi connectivity index (χ2v) is 5.06. The van der Waals surface area contributed by atoms with Gasteiger partial charge in [-0.2, -0.15) is 0 Å². The fourth-order valence-electron chi connectivity index (χ4n) is 2.72. The molecule has 2 fully saturated rings. The van der Waals surface area contributed by atoms with Crippen molar-refractivity contribution in [3.63, 3.8) is 0 Å². The largest absolute Gasteiger partial charge is 0.345 e. The first-order chi connectivity index (χ1) is 9.65. The van der Waals surface area contributed by atoms with E-state index in [1.54, 1.807) is 4.90 Å². The zero-order valence-corrected chi connectivity index (χ0v) is 11.0. The highest BCUT2D eigenvalue weighted by molar-refractivity contribution is 6.02. The molecule has 1 unspecified atom stereocenters. The van der Waals surface area contributed by atoms with Gasteiger partial charge < -0.3 is 14.8 Å². The first kappa shape index (κ1) is 12.7. The Hall–Kier alpha value is -2.31. The van der Waals surface area contributed by atoms with Crippen LogP contribution in [-0.2, 0) is 16.1 Å². The highest BCUT2D eigenvalue weighted by Crippen LogP contribution is 2.18. The van der Waals surface area contributed by atoms with Gasteiger partial charge in [-0.15, -0.1) is 0 Å². The summed E-state index contributed by atoms with van der Waals surface area (Å²) < 4.78 is 1.81. The summed E-state index contributed by atoms with van der Waals surface area (Å²) in [5.74, 6) is -0.199. The molecule has 1 atom stereocenters. The minimum atomic E-state index is -0.347. The van der Waals surface area contributed by atoms with Gasteiger partial charge in [0.15, 0.2) is 0 Å². The lowest BCUT2D eigenvalue weighted by molar-refractivity contribution is -0.132. The molecular formula is C13H16N4O3. The summed E-state index contributed by atoms with van der Waals surface area (Å²) in [5.41, 5.74) is 0. The maximum Gasteiger partial charge on any atom is 0.324 e. The lowest BCUT2D eigenvalue weighted by Gasteiger charge is -2.21. The van der Waals surface area contributed by atoms with Crippen LogP contribution in [0.25, 0.3) is 0 Å². The number of imide groups is 1. The van der Waals surface area contributed by atoms with Crippen LogP contribution in [0.5, 0.6) is 0 Å². The molecule has 3 rings (SSSR count). The summed E-state index contributed by atoms with van der Waals surface area (Å²) in [6.45, 7) is 1.37. The van der Waals surface area contributed by atoms with Gasteiger partial charge in [0.2, 0.25) is 11.8 Å². The smallest absolute Gasteiger partial charge is 0.324 e. The number of nitrogens with one attached hydrogen (secondary N) is 1. The quantitative estimate of drug-likeness (QED) is 0.766. The first-order valence-corrected chi connectivity index (χ1v) is 6.63. The molecule has 7 heteroatoms. The Labute approximate surface area is 116 Å². The lowest BCUT2D eigenvalue weighted by Crippen LogP contribution is -2.43. The second-order valence-electron chi connectivity index (χ2n) is 5.06. The monoisotopic (exact) mass is 276 g/mol. The predicted octanol–water partition coefficient (Wildman–Crippen LogP) is -0.359. The predicted molar refractivity (Wildman–Crippen MR) is 69.7 cm³/mol. The average molecular weight is 276 g/mol. The Balaban J connectivity index is 1.60. The van der Waals surface area contributed by atoms with Gasteiger partial charge in [0.05, 0.1) is 12.6 Å². The van der Waals surface area contributed by atoms with Crippen molar-refractivity contribution in [2.24, 2.45) is 0 Å². The Morgan fingerprint density at radius 2 is 2.05 bits per heavy atom. The summed E-state index contributed by atoms with van der Waals surface area (Å²) in [6.07, 6.45) is 4.32. The fourth-order valence-corrected chi connectivity index (χ4v) is 2.72. The van der Waals surface area contributed by atoms with Gasteiger partial charge >= 0.3 is 6.03 Å². The van der Waals surface area contributed by atoms with Crippen molar-refractivity contribution in [2.45, 2.75) is 19.0 Å². The highest BCUT2D eigenvalue weighted by atomic mass is 16.2. The van der Waals surface area contributed by atoms with Gasteiger partial charge in [-0.1, -0.05) is 0 Å². The number of carbonyl (C=O) groups is 3. The minimum absolute atomic E-state index is 0.00996. The van der Waals surface area contributed by atoms with Crippen LogP contribution in [0.1, 0.15) is 6.42 Å². The number of hydrogen-bond acceptors (Lipinski definition) is 3. The van der Waals surface area contributed by atoms with E-state index in [-0.39, 0.29) is 30.4 Å². The Kier molecular flexibility index (Phi) is 3.17. The van der Waals surface area contributed by atoms with Crippen molar-refractivity contribution < 1.29 is 14.4 Å². The second kappa shape index (κ2) is 4.99. The maximum atomic E-state index is 12.1. The van der Waals surface area contributed by atoms with Gasteiger partial charge in [-0.25, -0.2) is 4.79 Å². The van der Waals surface area contributed by atoms with Crippen LogP contribution in [0.2, 0.25) is 0 Å². The summed E-state index contributed by atoms with van der Waals surface area (Å²) in [5, 5.41) is 2.51. The summed E-state index contributed by atoms with van der Waals surface area (Å²) >= 11 is 0. The number of amides is 4. The van der Waals surface area contributed by atoms with Crippen LogP contribution in [0.3, 0.4) is 0 Å². The highest BCUT2D eigenvalue weighted by Gasteiger charge is 2.39. The molecule has 0 spiro atoms. The zero-order chi connectivity index (χ0) is 14.1. The molecule has 0 radical (unpaired) electrons. The van der Waals surface area contributed by atoms with Crippen molar-refractivity contribution in [3.8, 4) is 0 Å². The number of nitrogens with zero attached hydrogens (tertiary/aromatic N) is 3. The van der Waals surface area contributed by atoms with Crippen LogP contribution in [-0.4, -0.2) is 57.9 Å². The van der Waals surface area contributed by atoms with E-state index in [0.717, 1.165) is 0 Å². The number of hydrogen-bond donors (Lipinski definition) is 1. The molecule has 1 aromatic rings. The summed E-state index contributed by atoms with van der Waals surface area (Å²) in [4.78, 5) is 38.3. The van der Waals surface area contributed by atoms with E-state index >= 15 is 0 Å². The molecule has 0 aliphatic carbocycles. The van der Waals surface area contributed by atoms with Crippen LogP contribution in [0, 0.1) is 0 Å². The van der Waals surface area contributed by atoms with Crippen LogP contribution >= 0.6 is 0 Å². The van der Waals surface area contributed by atoms with E-state index in [1.807, 2.05) is 29.1 Å². The number of likely N-dealkylation sites (tertiary alicyclic amines) is 1. The summed E-state index contributed by atoms with van der Waals surface area (Å²) in [7, 11) is 0. The molecule has 2 aliphatic rings. The molecule has 2 aliphatic heterocycles. The van der Waals surface area contributed by atoms with Crippen LogP contribution < -0.4 is 5.32 Å². The summed E-state index contributed by atoms with van der Waals surface area (Å²) in [6, 6.07) is 3.19. The SMILES string of the molecule is O=C(Cn1cccc1)N1CCC(N2C(=O)CNC2=O)C1. The van der Waals surface area contributed by atoms with Crippen molar-refractivity contribution in [3.05, 3.63) is 24.5 Å². The number of aromatic nitrogens is 1. The molecule has 0 saturated carbocycles. The molecule has 0 aromatic carbocycles. The van der Waals surface area contributed by atoms with Crippen LogP contribution in [0.15, 0.2) is 24.5 Å². The van der Waals surface area contributed by atoms with E-state index in [0.29, 0.717) is 26.1 Å². The normalized spacial score (nSPS) is 22.5. The van der Waals surface area contributed by atoms with E-state index in [1.165, 1.54) is 4.90 Å². The van der Waals surface area contributed by atoms with E-state index < -0.39 is 0 Å². The Bertz CT molecular complexity index is 524. The van der Waals surface area contributed by atoms with Gasteiger partial charge in [0.1, 0.15) is 6.54 Å². The van der Waals surface area contributed by atoms with Crippen molar-refractivity contribution in [2.75, 3.05) is 19.6 Å². The van der Waals surface area contributed by atoms with Crippen LogP contribution in [0.4, 0.5) is 4.79 Å². The Morgan fingerprint density at radius 3 is 2.70 bits per heavy atom. The molecule has 20 heavy (non-hydrogen) atoms. The van der Waals surface area contributed by atoms with Gasteiger partial charge in [0.25, 0.3) is 0 Å². The average Bonchev–Trinajstić information content (AvgIpc) is 3.11.